The smallest absolute Gasteiger partial charge is 0.361 e. The van der Waals surface area contributed by atoms with E-state index in [0.29, 0.717) is 12.3 Å². The first kappa shape index (κ1) is 9.57. The van der Waals surface area contributed by atoms with E-state index in [1.807, 2.05) is 0 Å². The van der Waals surface area contributed by atoms with E-state index in [9.17, 15) is 4.79 Å². The molecule has 5 heteroatoms. The molecule has 13 heavy (non-hydrogen) atoms. The average Bonchev–Trinajstić information content (AvgIpc) is 2.33. The van der Waals surface area contributed by atoms with Gasteiger partial charge in [-0.1, -0.05) is 0 Å². The molecule has 2 N–H and O–H groups in total. The Bertz CT molecular complexity index is 330. The van der Waals surface area contributed by atoms with Crippen LogP contribution in [0.3, 0.4) is 0 Å². The highest BCUT2D eigenvalue weighted by molar-refractivity contribution is 5.93. The molecule has 72 valence electrons. The van der Waals surface area contributed by atoms with Crippen LogP contribution in [0.1, 0.15) is 23.1 Å². The molecule has 0 aliphatic heterocycles. The van der Waals surface area contributed by atoms with Crippen molar-refractivity contribution in [1.82, 2.24) is 9.78 Å². The molecule has 0 bridgehead atoms. The Hall–Kier alpha value is -1.52. The molecule has 0 saturated carbocycles. The Balaban J connectivity index is 3.01. The van der Waals surface area contributed by atoms with Crippen LogP contribution in [0.4, 0.5) is 5.69 Å². The van der Waals surface area contributed by atoms with Crippen LogP contribution < -0.4 is 5.73 Å². The summed E-state index contributed by atoms with van der Waals surface area (Å²) in [4.78, 5) is 11.3. The Morgan fingerprint density at radius 1 is 1.69 bits per heavy atom. The minimum atomic E-state index is -0.469. The highest BCUT2D eigenvalue weighted by Gasteiger charge is 2.17. The van der Waals surface area contributed by atoms with Crippen LogP contribution in [0.2, 0.25) is 0 Å². The second kappa shape index (κ2) is 3.47. The largest absolute Gasteiger partial charge is 0.461 e. The lowest BCUT2D eigenvalue weighted by atomic mass is 10.3. The molecular weight excluding hydrogens is 170 g/mol. The van der Waals surface area contributed by atoms with Crippen molar-refractivity contribution in [2.45, 2.75) is 13.8 Å². The third kappa shape index (κ3) is 1.63. The number of nitrogens with two attached hydrogens (primary N) is 1. The maximum absolute atomic E-state index is 11.3. The van der Waals surface area contributed by atoms with Crippen LogP contribution in [0.25, 0.3) is 0 Å². The van der Waals surface area contributed by atoms with Gasteiger partial charge in [0.15, 0.2) is 5.69 Å². The molecule has 0 aliphatic carbocycles. The van der Waals surface area contributed by atoms with Crippen LogP contribution in [0, 0.1) is 6.92 Å². The Kier molecular flexibility index (Phi) is 2.55. The number of aryl methyl sites for hydroxylation is 1. The van der Waals surface area contributed by atoms with E-state index in [2.05, 4.69) is 5.10 Å². The Labute approximate surface area is 76.5 Å². The number of nitrogen functional groups attached to an aromatic ring is 1. The van der Waals surface area contributed by atoms with Crippen LogP contribution in [0.15, 0.2) is 0 Å². The summed E-state index contributed by atoms with van der Waals surface area (Å²) in [7, 11) is 1.73. The molecular formula is C8H13N3O2. The van der Waals surface area contributed by atoms with Crippen LogP contribution in [-0.2, 0) is 11.8 Å². The monoisotopic (exact) mass is 183 g/mol. The number of ether oxygens (including phenoxy) is 1. The first-order valence-corrected chi connectivity index (χ1v) is 4.04. The third-order valence-corrected chi connectivity index (χ3v) is 1.85. The number of hydrogen-bond donors (Lipinski definition) is 1. The van der Waals surface area contributed by atoms with Crippen LogP contribution >= 0.6 is 0 Å². The molecule has 1 rings (SSSR count). The molecule has 0 saturated heterocycles. The van der Waals surface area contributed by atoms with Gasteiger partial charge in [0.25, 0.3) is 0 Å². The zero-order valence-electron chi connectivity index (χ0n) is 8.00. The average molecular weight is 183 g/mol. The standard InChI is InChI=1S/C8H13N3O2/c1-4-13-8(12)7-6(9)5(2)11(3)10-7/h4,9H2,1-3H3. The van der Waals surface area contributed by atoms with Crippen molar-refractivity contribution in [2.24, 2.45) is 7.05 Å². The fourth-order valence-electron chi connectivity index (χ4n) is 0.975. The number of rotatable bonds is 2. The molecule has 0 radical (unpaired) electrons. The summed E-state index contributed by atoms with van der Waals surface area (Å²) in [6.45, 7) is 3.86. The predicted molar refractivity (Wildman–Crippen MR) is 48.3 cm³/mol. The van der Waals surface area contributed by atoms with Gasteiger partial charge >= 0.3 is 5.97 Å². The van der Waals surface area contributed by atoms with Gasteiger partial charge in [-0.05, 0) is 13.8 Å². The zero-order valence-corrected chi connectivity index (χ0v) is 8.00. The van der Waals surface area contributed by atoms with Crippen LogP contribution in [-0.4, -0.2) is 22.4 Å². The molecule has 1 aromatic rings. The van der Waals surface area contributed by atoms with E-state index >= 15 is 0 Å². The molecule has 0 fully saturated rings. The van der Waals surface area contributed by atoms with Gasteiger partial charge in [0.2, 0.25) is 0 Å². The first-order chi connectivity index (χ1) is 6.07. The number of esters is 1. The van der Waals surface area contributed by atoms with Gasteiger partial charge in [-0.3, -0.25) is 4.68 Å². The van der Waals surface area contributed by atoms with Gasteiger partial charge in [-0.15, -0.1) is 0 Å². The summed E-state index contributed by atoms with van der Waals surface area (Å²) in [5, 5.41) is 3.95. The van der Waals surface area contributed by atoms with E-state index in [-0.39, 0.29) is 5.69 Å². The summed E-state index contributed by atoms with van der Waals surface area (Å²) in [5.74, 6) is -0.469. The van der Waals surface area contributed by atoms with E-state index in [4.69, 9.17) is 10.5 Å². The second-order valence-corrected chi connectivity index (χ2v) is 2.69. The number of carbonyl (C=O) groups excluding carboxylic acids is 1. The summed E-state index contributed by atoms with van der Waals surface area (Å²) in [5.41, 5.74) is 7.00. The van der Waals surface area contributed by atoms with Crippen molar-refractivity contribution in [1.29, 1.82) is 0 Å². The van der Waals surface area contributed by atoms with Gasteiger partial charge in [0.1, 0.15) is 0 Å². The fraction of sp³-hybridized carbons (Fsp3) is 0.500. The molecule has 0 spiro atoms. The lowest BCUT2D eigenvalue weighted by molar-refractivity contribution is 0.0520. The first-order valence-electron chi connectivity index (χ1n) is 4.04. The fourth-order valence-corrected chi connectivity index (χ4v) is 0.975. The molecule has 1 heterocycles. The van der Waals surface area contributed by atoms with Crippen LogP contribution in [0.5, 0.6) is 0 Å². The SMILES string of the molecule is CCOC(=O)c1nn(C)c(C)c1N. The maximum atomic E-state index is 11.3. The normalized spacial score (nSPS) is 10.1. The molecule has 0 aliphatic rings. The van der Waals surface area contributed by atoms with Gasteiger partial charge < -0.3 is 10.5 Å². The number of aromatic nitrogens is 2. The van der Waals surface area contributed by atoms with Crippen molar-refractivity contribution in [3.05, 3.63) is 11.4 Å². The Morgan fingerprint density at radius 2 is 2.31 bits per heavy atom. The molecule has 0 amide bonds. The van der Waals surface area contributed by atoms with E-state index < -0.39 is 5.97 Å². The van der Waals surface area contributed by atoms with Gasteiger partial charge in [-0.2, -0.15) is 5.10 Å². The molecule has 1 aromatic heterocycles. The number of hydrogen-bond acceptors (Lipinski definition) is 4. The summed E-state index contributed by atoms with van der Waals surface area (Å²) in [6.07, 6.45) is 0. The van der Waals surface area contributed by atoms with Crippen molar-refractivity contribution >= 4 is 11.7 Å². The van der Waals surface area contributed by atoms with Crippen molar-refractivity contribution in [3.8, 4) is 0 Å². The maximum Gasteiger partial charge on any atom is 0.361 e. The van der Waals surface area contributed by atoms with E-state index in [0.717, 1.165) is 5.69 Å². The summed E-state index contributed by atoms with van der Waals surface area (Å²) >= 11 is 0. The lowest BCUT2D eigenvalue weighted by Gasteiger charge is -1.97. The summed E-state index contributed by atoms with van der Waals surface area (Å²) < 4.78 is 6.34. The number of nitrogens with zero attached hydrogens (tertiary/aromatic N) is 2. The minimum absolute atomic E-state index is 0.196. The molecule has 0 atom stereocenters. The number of anilines is 1. The number of carbonyl (C=O) groups is 1. The second-order valence-electron chi connectivity index (χ2n) is 2.69. The highest BCUT2D eigenvalue weighted by atomic mass is 16.5. The third-order valence-electron chi connectivity index (χ3n) is 1.85. The lowest BCUT2D eigenvalue weighted by Crippen LogP contribution is -2.08. The topological polar surface area (TPSA) is 70.1 Å². The van der Waals surface area contributed by atoms with Gasteiger partial charge in [0, 0.05) is 7.05 Å². The van der Waals surface area contributed by atoms with Gasteiger partial charge in [-0.25, -0.2) is 4.79 Å². The molecule has 5 nitrogen and oxygen atoms in total. The van der Waals surface area contributed by atoms with Crippen molar-refractivity contribution in [3.63, 3.8) is 0 Å². The Morgan fingerprint density at radius 3 is 2.69 bits per heavy atom. The minimum Gasteiger partial charge on any atom is -0.461 e. The van der Waals surface area contributed by atoms with E-state index in [1.165, 1.54) is 0 Å². The van der Waals surface area contributed by atoms with Crippen molar-refractivity contribution in [2.75, 3.05) is 12.3 Å². The molecule has 0 aromatic carbocycles. The van der Waals surface area contributed by atoms with E-state index in [1.54, 1.807) is 25.6 Å². The molecule has 0 unspecified atom stereocenters. The highest BCUT2D eigenvalue weighted by Crippen LogP contribution is 2.15. The summed E-state index contributed by atoms with van der Waals surface area (Å²) in [6, 6.07) is 0. The zero-order chi connectivity index (χ0) is 10.0. The van der Waals surface area contributed by atoms with Crippen molar-refractivity contribution < 1.29 is 9.53 Å². The predicted octanol–water partition coefficient (Wildman–Crippen LogP) is 0.487. The quantitative estimate of drug-likeness (QED) is 0.677. The van der Waals surface area contributed by atoms with Gasteiger partial charge in [0.05, 0.1) is 18.0 Å².